The molecule has 0 aliphatic carbocycles. The number of piperidine rings is 1. The van der Waals surface area contributed by atoms with Crippen molar-refractivity contribution in [3.63, 3.8) is 0 Å². The normalized spacial score (nSPS) is 16.1. The third-order valence-electron chi connectivity index (χ3n) is 5.29. The Kier molecular flexibility index (Phi) is 5.70. The fourth-order valence-electron chi connectivity index (χ4n) is 3.73. The summed E-state index contributed by atoms with van der Waals surface area (Å²) in [5.74, 6) is -0.0925. The molecule has 1 aromatic heterocycles. The number of hydrogen-bond donors (Lipinski definition) is 2. The van der Waals surface area contributed by atoms with E-state index in [1.165, 1.54) is 0 Å². The van der Waals surface area contributed by atoms with Crippen molar-refractivity contribution >= 4 is 23.3 Å². The minimum absolute atomic E-state index is 0.120. The summed E-state index contributed by atoms with van der Waals surface area (Å²) in [4.78, 5) is 35.4. The summed E-state index contributed by atoms with van der Waals surface area (Å²) in [5, 5.41) is 2.87. The molecule has 0 bridgehead atoms. The van der Waals surface area contributed by atoms with Gasteiger partial charge in [0.15, 0.2) is 0 Å². The number of anilines is 2. The van der Waals surface area contributed by atoms with Gasteiger partial charge < -0.3 is 16.0 Å². The summed E-state index contributed by atoms with van der Waals surface area (Å²) in [7, 11) is 0. The molecule has 1 atom stereocenters. The van der Waals surface area contributed by atoms with E-state index in [2.05, 4.69) is 20.2 Å². The van der Waals surface area contributed by atoms with Crippen molar-refractivity contribution in [1.29, 1.82) is 0 Å². The maximum absolute atomic E-state index is 12.9. The Labute approximate surface area is 175 Å². The Morgan fingerprint density at radius 3 is 2.60 bits per heavy atom. The summed E-state index contributed by atoms with van der Waals surface area (Å²) >= 11 is 0. The average molecular weight is 401 g/mol. The van der Waals surface area contributed by atoms with Crippen LogP contribution >= 0.6 is 0 Å². The number of primary amides is 1. The molecule has 0 saturated carbocycles. The molecule has 3 N–H and O–H groups in total. The Morgan fingerprint density at radius 1 is 1.03 bits per heavy atom. The van der Waals surface area contributed by atoms with E-state index >= 15 is 0 Å². The zero-order valence-electron chi connectivity index (χ0n) is 16.5. The lowest BCUT2D eigenvalue weighted by molar-refractivity contribution is -0.120. The highest BCUT2D eigenvalue weighted by molar-refractivity contribution is 6.03. The molecule has 1 unspecified atom stereocenters. The van der Waals surface area contributed by atoms with Crippen LogP contribution in [0.1, 0.15) is 23.2 Å². The highest BCUT2D eigenvalue weighted by Crippen LogP contribution is 2.26. The van der Waals surface area contributed by atoms with E-state index in [4.69, 9.17) is 5.73 Å². The van der Waals surface area contributed by atoms with Crippen LogP contribution in [0.15, 0.2) is 67.0 Å². The molecule has 2 aromatic carbocycles. The number of amides is 2. The Hall–Kier alpha value is -3.74. The van der Waals surface area contributed by atoms with Gasteiger partial charge in [0, 0.05) is 24.7 Å². The van der Waals surface area contributed by atoms with Gasteiger partial charge in [-0.3, -0.25) is 9.59 Å². The smallest absolute Gasteiger partial charge is 0.250 e. The van der Waals surface area contributed by atoms with Crippen LogP contribution in [0.5, 0.6) is 0 Å². The summed E-state index contributed by atoms with van der Waals surface area (Å²) in [5.41, 5.74) is 8.04. The molecule has 0 radical (unpaired) electrons. The molecular weight excluding hydrogens is 378 g/mol. The Balaban J connectivity index is 1.49. The minimum Gasteiger partial charge on any atom is -0.366 e. The molecule has 2 amide bonds. The Morgan fingerprint density at radius 2 is 1.80 bits per heavy atom. The van der Waals surface area contributed by atoms with Crippen molar-refractivity contribution in [2.45, 2.75) is 12.8 Å². The van der Waals surface area contributed by atoms with E-state index in [9.17, 15) is 9.59 Å². The number of carbonyl (C=O) groups excluding carboxylic acids is 2. The van der Waals surface area contributed by atoms with Crippen molar-refractivity contribution in [3.05, 3.63) is 72.6 Å². The van der Waals surface area contributed by atoms with Gasteiger partial charge in [0.05, 0.1) is 22.9 Å². The number of hydrogen-bond acceptors (Lipinski definition) is 5. The van der Waals surface area contributed by atoms with E-state index in [1.54, 1.807) is 30.6 Å². The summed E-state index contributed by atoms with van der Waals surface area (Å²) in [6.45, 7) is 1.38. The van der Waals surface area contributed by atoms with E-state index in [0.29, 0.717) is 17.8 Å². The third-order valence-corrected chi connectivity index (χ3v) is 5.29. The fourth-order valence-corrected chi connectivity index (χ4v) is 3.73. The van der Waals surface area contributed by atoms with Gasteiger partial charge in [0.25, 0.3) is 5.91 Å². The molecule has 0 spiro atoms. The van der Waals surface area contributed by atoms with Crippen molar-refractivity contribution < 1.29 is 9.59 Å². The van der Waals surface area contributed by atoms with Gasteiger partial charge >= 0.3 is 0 Å². The standard InChI is InChI=1S/C23H23N5O2/c24-22(29)18-10-4-5-11-19(18)27-23(30)17-9-6-12-28(14-17)21-13-20(25-15-26-21)16-7-2-1-3-8-16/h1-5,7-8,10-11,13,15,17H,6,9,12,14H2,(H2,24,29)(H,27,30). The van der Waals surface area contributed by atoms with Crippen LogP contribution in [0.2, 0.25) is 0 Å². The number of rotatable bonds is 5. The third kappa shape index (κ3) is 4.30. The van der Waals surface area contributed by atoms with Gasteiger partial charge in [-0.15, -0.1) is 0 Å². The number of aromatic nitrogens is 2. The molecule has 2 heterocycles. The molecule has 1 saturated heterocycles. The van der Waals surface area contributed by atoms with Gasteiger partial charge in [-0.2, -0.15) is 0 Å². The lowest BCUT2D eigenvalue weighted by Crippen LogP contribution is -2.41. The molecular formula is C23H23N5O2. The first kappa shape index (κ1) is 19.6. The predicted octanol–water partition coefficient (Wildman–Crippen LogP) is 3.10. The van der Waals surface area contributed by atoms with Gasteiger partial charge in [0.2, 0.25) is 5.91 Å². The summed E-state index contributed by atoms with van der Waals surface area (Å²) in [6, 6.07) is 18.7. The van der Waals surface area contributed by atoms with Crippen molar-refractivity contribution in [3.8, 4) is 11.3 Å². The molecule has 1 aliphatic rings. The molecule has 3 aromatic rings. The number of carbonyl (C=O) groups is 2. The molecule has 152 valence electrons. The van der Waals surface area contributed by atoms with Crippen molar-refractivity contribution in [1.82, 2.24) is 9.97 Å². The van der Waals surface area contributed by atoms with E-state index in [0.717, 1.165) is 36.5 Å². The van der Waals surface area contributed by atoms with Crippen molar-refractivity contribution in [2.24, 2.45) is 11.7 Å². The quantitative estimate of drug-likeness (QED) is 0.684. The monoisotopic (exact) mass is 401 g/mol. The molecule has 1 aliphatic heterocycles. The van der Waals surface area contributed by atoms with Crippen LogP contribution in [0.4, 0.5) is 11.5 Å². The fraction of sp³-hybridized carbons (Fsp3) is 0.217. The van der Waals surface area contributed by atoms with Crippen LogP contribution in [0, 0.1) is 5.92 Å². The molecule has 4 rings (SSSR count). The second-order valence-corrected chi connectivity index (χ2v) is 7.31. The average Bonchev–Trinajstić information content (AvgIpc) is 2.80. The second kappa shape index (κ2) is 8.73. The molecule has 7 heteroatoms. The number of benzene rings is 2. The number of para-hydroxylation sites is 1. The van der Waals surface area contributed by atoms with Gasteiger partial charge in [-0.25, -0.2) is 9.97 Å². The lowest BCUT2D eigenvalue weighted by Gasteiger charge is -2.33. The maximum Gasteiger partial charge on any atom is 0.250 e. The largest absolute Gasteiger partial charge is 0.366 e. The topological polar surface area (TPSA) is 101 Å². The van der Waals surface area contributed by atoms with Crippen LogP contribution in [-0.4, -0.2) is 34.9 Å². The zero-order chi connectivity index (χ0) is 20.9. The lowest BCUT2D eigenvalue weighted by atomic mass is 9.96. The highest BCUT2D eigenvalue weighted by Gasteiger charge is 2.27. The summed E-state index contributed by atoms with van der Waals surface area (Å²) in [6.07, 6.45) is 3.21. The van der Waals surface area contributed by atoms with E-state index in [1.807, 2.05) is 36.4 Å². The first-order chi connectivity index (χ1) is 14.6. The van der Waals surface area contributed by atoms with Crippen LogP contribution in [-0.2, 0) is 4.79 Å². The first-order valence-electron chi connectivity index (χ1n) is 9.94. The van der Waals surface area contributed by atoms with Crippen LogP contribution < -0.4 is 16.0 Å². The predicted molar refractivity (Wildman–Crippen MR) is 116 cm³/mol. The summed E-state index contributed by atoms with van der Waals surface area (Å²) < 4.78 is 0. The van der Waals surface area contributed by atoms with E-state index in [-0.39, 0.29) is 11.8 Å². The molecule has 30 heavy (non-hydrogen) atoms. The second-order valence-electron chi connectivity index (χ2n) is 7.31. The Bertz CT molecular complexity index is 1050. The number of nitrogens with zero attached hydrogens (tertiary/aromatic N) is 3. The van der Waals surface area contributed by atoms with Crippen LogP contribution in [0.3, 0.4) is 0 Å². The maximum atomic E-state index is 12.9. The van der Waals surface area contributed by atoms with Gasteiger partial charge in [-0.1, -0.05) is 42.5 Å². The first-order valence-corrected chi connectivity index (χ1v) is 9.94. The highest BCUT2D eigenvalue weighted by atomic mass is 16.2. The zero-order valence-corrected chi connectivity index (χ0v) is 16.5. The molecule has 7 nitrogen and oxygen atoms in total. The van der Waals surface area contributed by atoms with Crippen molar-refractivity contribution in [2.75, 3.05) is 23.3 Å². The number of nitrogens with two attached hydrogens (primary N) is 1. The number of nitrogens with one attached hydrogen (secondary N) is 1. The SMILES string of the molecule is NC(=O)c1ccccc1NC(=O)C1CCCN(c2cc(-c3ccccc3)ncn2)C1. The van der Waals surface area contributed by atoms with E-state index < -0.39 is 5.91 Å². The minimum atomic E-state index is -0.564. The molecule has 1 fully saturated rings. The van der Waals surface area contributed by atoms with Crippen LogP contribution in [0.25, 0.3) is 11.3 Å². The van der Waals surface area contributed by atoms with Gasteiger partial charge in [0.1, 0.15) is 12.1 Å². The van der Waals surface area contributed by atoms with Gasteiger partial charge in [-0.05, 0) is 25.0 Å².